The summed E-state index contributed by atoms with van der Waals surface area (Å²) < 4.78 is 0. The Kier molecular flexibility index (Phi) is 2.86. The molecule has 0 saturated carbocycles. The molecule has 0 aliphatic carbocycles. The third-order valence-electron chi connectivity index (χ3n) is 1.52. The van der Waals surface area contributed by atoms with Gasteiger partial charge in [0.15, 0.2) is 0 Å². The fraction of sp³-hybridized carbons (Fsp3) is 0.300. The van der Waals surface area contributed by atoms with E-state index >= 15 is 0 Å². The molecule has 0 unspecified atom stereocenters. The first-order chi connectivity index (χ1) is 5.68. The summed E-state index contributed by atoms with van der Waals surface area (Å²) in [6, 6.07) is 8.28. The molecule has 12 heavy (non-hydrogen) atoms. The Morgan fingerprint density at radius 2 is 1.75 bits per heavy atom. The van der Waals surface area contributed by atoms with Crippen LogP contribution in [0.1, 0.15) is 11.1 Å². The van der Waals surface area contributed by atoms with Crippen LogP contribution in [0.15, 0.2) is 29.4 Å². The molecular weight excluding hydrogens is 148 g/mol. The van der Waals surface area contributed by atoms with E-state index in [0.717, 1.165) is 5.56 Å². The maximum absolute atomic E-state index is 4.13. The Morgan fingerprint density at radius 3 is 2.25 bits per heavy atom. The van der Waals surface area contributed by atoms with Gasteiger partial charge in [0.25, 0.3) is 0 Å². The quantitative estimate of drug-likeness (QED) is 0.479. The van der Waals surface area contributed by atoms with Gasteiger partial charge in [0.05, 0.1) is 6.21 Å². The van der Waals surface area contributed by atoms with E-state index in [2.05, 4.69) is 36.3 Å². The van der Waals surface area contributed by atoms with Gasteiger partial charge in [-0.15, -0.1) is 0 Å². The standard InChI is InChI=1S/C10H14N2/c1-9-4-6-10(7-5-9)8-11-12(2)3/h4-8H,1-3H3/b11-8+. The molecule has 0 N–H and O–H groups in total. The number of nitrogens with zero attached hydrogens (tertiary/aromatic N) is 2. The van der Waals surface area contributed by atoms with Crippen molar-refractivity contribution in [3.8, 4) is 0 Å². The van der Waals surface area contributed by atoms with E-state index in [4.69, 9.17) is 0 Å². The molecule has 2 heteroatoms. The van der Waals surface area contributed by atoms with Gasteiger partial charge in [-0.3, -0.25) is 0 Å². The zero-order valence-corrected chi connectivity index (χ0v) is 7.78. The Balaban J connectivity index is 2.71. The Hall–Kier alpha value is -1.31. The molecule has 0 saturated heterocycles. The summed E-state index contributed by atoms with van der Waals surface area (Å²) in [5, 5.41) is 5.91. The highest BCUT2D eigenvalue weighted by Gasteiger charge is 1.86. The summed E-state index contributed by atoms with van der Waals surface area (Å²) in [6.45, 7) is 2.08. The summed E-state index contributed by atoms with van der Waals surface area (Å²) >= 11 is 0. The summed E-state index contributed by atoms with van der Waals surface area (Å²) in [5.41, 5.74) is 2.41. The molecule has 1 rings (SSSR count). The van der Waals surface area contributed by atoms with E-state index in [9.17, 15) is 0 Å². The number of benzene rings is 1. The molecule has 0 heterocycles. The number of aryl methyl sites for hydroxylation is 1. The summed E-state index contributed by atoms with van der Waals surface area (Å²) in [5.74, 6) is 0. The molecule has 0 radical (unpaired) electrons. The molecule has 0 fully saturated rings. The molecule has 2 nitrogen and oxygen atoms in total. The minimum absolute atomic E-state index is 1.13. The van der Waals surface area contributed by atoms with Gasteiger partial charge in [0.1, 0.15) is 0 Å². The Morgan fingerprint density at radius 1 is 1.17 bits per heavy atom. The van der Waals surface area contributed by atoms with Crippen molar-refractivity contribution in [2.24, 2.45) is 5.10 Å². The lowest BCUT2D eigenvalue weighted by atomic mass is 10.2. The zero-order chi connectivity index (χ0) is 8.97. The third-order valence-corrected chi connectivity index (χ3v) is 1.52. The van der Waals surface area contributed by atoms with Crippen molar-refractivity contribution in [3.63, 3.8) is 0 Å². The van der Waals surface area contributed by atoms with Crippen molar-refractivity contribution in [1.82, 2.24) is 5.01 Å². The first kappa shape index (κ1) is 8.78. The Bertz CT molecular complexity index is 260. The van der Waals surface area contributed by atoms with Crippen molar-refractivity contribution in [3.05, 3.63) is 35.4 Å². The number of hydrogen-bond acceptors (Lipinski definition) is 2. The molecule has 0 aliphatic rings. The molecule has 0 atom stereocenters. The lowest BCUT2D eigenvalue weighted by molar-refractivity contribution is 0.440. The zero-order valence-electron chi connectivity index (χ0n) is 7.78. The van der Waals surface area contributed by atoms with Gasteiger partial charge in [0.2, 0.25) is 0 Å². The highest BCUT2D eigenvalue weighted by Crippen LogP contribution is 2.00. The average molecular weight is 162 g/mol. The monoisotopic (exact) mass is 162 g/mol. The lowest BCUT2D eigenvalue weighted by Gasteiger charge is -2.02. The van der Waals surface area contributed by atoms with Crippen molar-refractivity contribution >= 4 is 6.21 Å². The van der Waals surface area contributed by atoms with Gasteiger partial charge in [-0.2, -0.15) is 5.10 Å². The smallest absolute Gasteiger partial charge is 0.0542 e. The molecule has 0 spiro atoms. The van der Waals surface area contributed by atoms with Crippen molar-refractivity contribution in [1.29, 1.82) is 0 Å². The van der Waals surface area contributed by atoms with Gasteiger partial charge in [0, 0.05) is 14.1 Å². The van der Waals surface area contributed by atoms with Crippen LogP contribution < -0.4 is 0 Å². The highest BCUT2D eigenvalue weighted by molar-refractivity contribution is 5.79. The maximum Gasteiger partial charge on any atom is 0.0542 e. The molecule has 64 valence electrons. The Labute approximate surface area is 73.5 Å². The second kappa shape index (κ2) is 3.90. The first-order valence-electron chi connectivity index (χ1n) is 3.96. The predicted molar refractivity (Wildman–Crippen MR) is 52.5 cm³/mol. The average Bonchev–Trinajstić information content (AvgIpc) is 2.03. The van der Waals surface area contributed by atoms with Crippen LogP contribution in [0.3, 0.4) is 0 Å². The van der Waals surface area contributed by atoms with E-state index < -0.39 is 0 Å². The van der Waals surface area contributed by atoms with Crippen LogP contribution in [0.5, 0.6) is 0 Å². The third kappa shape index (κ3) is 2.74. The largest absolute Gasteiger partial charge is 0.303 e. The normalized spacial score (nSPS) is 10.6. The van der Waals surface area contributed by atoms with Gasteiger partial charge < -0.3 is 5.01 Å². The van der Waals surface area contributed by atoms with Crippen LogP contribution in [0.2, 0.25) is 0 Å². The van der Waals surface area contributed by atoms with E-state index in [0.29, 0.717) is 0 Å². The number of hydrogen-bond donors (Lipinski definition) is 0. The van der Waals surface area contributed by atoms with Crippen LogP contribution in [-0.2, 0) is 0 Å². The maximum atomic E-state index is 4.13. The van der Waals surface area contributed by atoms with E-state index in [1.54, 1.807) is 5.01 Å². The minimum atomic E-state index is 1.13. The molecule has 0 aliphatic heterocycles. The fourth-order valence-electron chi connectivity index (χ4n) is 0.835. The molecular formula is C10H14N2. The van der Waals surface area contributed by atoms with E-state index in [1.807, 2.05) is 20.3 Å². The van der Waals surface area contributed by atoms with Crippen LogP contribution in [-0.4, -0.2) is 25.3 Å². The number of rotatable bonds is 2. The van der Waals surface area contributed by atoms with Crippen LogP contribution >= 0.6 is 0 Å². The van der Waals surface area contributed by atoms with Crippen LogP contribution in [0.4, 0.5) is 0 Å². The van der Waals surface area contributed by atoms with Crippen LogP contribution in [0.25, 0.3) is 0 Å². The van der Waals surface area contributed by atoms with Gasteiger partial charge in [-0.25, -0.2) is 0 Å². The SMILES string of the molecule is Cc1ccc(/C=N/N(C)C)cc1. The van der Waals surface area contributed by atoms with E-state index in [-0.39, 0.29) is 0 Å². The molecule has 1 aromatic carbocycles. The first-order valence-corrected chi connectivity index (χ1v) is 3.96. The van der Waals surface area contributed by atoms with Crippen molar-refractivity contribution in [2.75, 3.05) is 14.1 Å². The van der Waals surface area contributed by atoms with Crippen molar-refractivity contribution in [2.45, 2.75) is 6.92 Å². The highest BCUT2D eigenvalue weighted by atomic mass is 15.4. The van der Waals surface area contributed by atoms with Crippen LogP contribution in [0, 0.1) is 6.92 Å². The predicted octanol–water partition coefficient (Wildman–Crippen LogP) is 1.89. The minimum Gasteiger partial charge on any atom is -0.303 e. The second-order valence-corrected chi connectivity index (χ2v) is 3.00. The molecule has 0 amide bonds. The van der Waals surface area contributed by atoms with E-state index in [1.165, 1.54) is 5.56 Å². The lowest BCUT2D eigenvalue weighted by Crippen LogP contribution is -2.01. The van der Waals surface area contributed by atoms with Gasteiger partial charge >= 0.3 is 0 Å². The molecule has 0 aromatic heterocycles. The van der Waals surface area contributed by atoms with Gasteiger partial charge in [-0.1, -0.05) is 29.8 Å². The topological polar surface area (TPSA) is 15.6 Å². The fourth-order valence-corrected chi connectivity index (χ4v) is 0.835. The second-order valence-electron chi connectivity index (χ2n) is 3.00. The van der Waals surface area contributed by atoms with Gasteiger partial charge in [-0.05, 0) is 12.5 Å². The number of hydrazone groups is 1. The summed E-state index contributed by atoms with van der Waals surface area (Å²) in [4.78, 5) is 0. The molecule has 0 bridgehead atoms. The summed E-state index contributed by atoms with van der Waals surface area (Å²) in [6.07, 6.45) is 1.85. The summed E-state index contributed by atoms with van der Waals surface area (Å²) in [7, 11) is 3.81. The molecule has 1 aromatic rings. The van der Waals surface area contributed by atoms with Crippen molar-refractivity contribution < 1.29 is 0 Å².